The third-order valence-corrected chi connectivity index (χ3v) is 3.87. The molecule has 110 valence electrons. The van der Waals surface area contributed by atoms with Crippen LogP contribution in [0.1, 0.15) is 16.1 Å². The molecule has 3 rings (SSSR count). The van der Waals surface area contributed by atoms with Crippen LogP contribution in [-0.4, -0.2) is 32.4 Å². The number of halogens is 1. The number of nitrogens with two attached hydrogens (primary N) is 1. The lowest BCUT2D eigenvalue weighted by molar-refractivity contribution is 0.111. The van der Waals surface area contributed by atoms with Gasteiger partial charge >= 0.3 is 0 Å². The molecule has 0 fully saturated rings. The van der Waals surface area contributed by atoms with Gasteiger partial charge in [0, 0.05) is 11.8 Å². The molecule has 3 aromatic rings. The number of H-pyrrole nitrogens is 1. The first-order valence-electron chi connectivity index (χ1n) is 6.14. The van der Waals surface area contributed by atoms with Crippen molar-refractivity contribution >= 4 is 56.8 Å². The monoisotopic (exact) mass is 359 g/mol. The van der Waals surface area contributed by atoms with Crippen LogP contribution in [0.2, 0.25) is 0 Å². The van der Waals surface area contributed by atoms with Crippen molar-refractivity contribution in [3.8, 4) is 0 Å². The fourth-order valence-corrected chi connectivity index (χ4v) is 2.56. The van der Waals surface area contributed by atoms with Crippen LogP contribution in [-0.2, 0) is 0 Å². The average molecular weight is 360 g/mol. The van der Waals surface area contributed by atoms with Gasteiger partial charge in [-0.25, -0.2) is 15.0 Å². The maximum atomic E-state index is 11.0. The predicted octanol–water partition coefficient (Wildman–Crippen LogP) is 2.25. The summed E-state index contributed by atoms with van der Waals surface area (Å²) in [6.07, 6.45) is 4.75. The molecule has 0 saturated heterocycles. The molecule has 0 aliphatic heterocycles. The molecule has 0 unspecified atom stereocenters. The van der Waals surface area contributed by atoms with Crippen LogP contribution in [0.5, 0.6) is 0 Å². The number of aromatic nitrogens is 4. The molecule has 0 radical (unpaired) electrons. The van der Waals surface area contributed by atoms with E-state index < -0.39 is 0 Å². The molecule has 22 heavy (non-hydrogen) atoms. The molecule has 0 spiro atoms. The van der Waals surface area contributed by atoms with Crippen molar-refractivity contribution in [1.29, 1.82) is 5.41 Å². The lowest BCUT2D eigenvalue weighted by Gasteiger charge is -2.08. The number of fused-ring (bicyclic) bond motifs is 1. The van der Waals surface area contributed by atoms with E-state index in [-0.39, 0.29) is 5.82 Å². The smallest absolute Gasteiger partial charge is 0.167 e. The van der Waals surface area contributed by atoms with E-state index >= 15 is 0 Å². The highest BCUT2D eigenvalue weighted by atomic mass is 79.9. The number of aromatic amines is 1. The number of nitrogens with zero attached hydrogens (tertiary/aromatic N) is 3. The molecule has 0 aromatic carbocycles. The summed E-state index contributed by atoms with van der Waals surface area (Å²) in [6, 6.07) is 1.68. The molecule has 5 N–H and O–H groups in total. The maximum absolute atomic E-state index is 11.0. The fourth-order valence-electron chi connectivity index (χ4n) is 1.99. The summed E-state index contributed by atoms with van der Waals surface area (Å²) in [5.74, 6) is 0.781. The highest BCUT2D eigenvalue weighted by molar-refractivity contribution is 9.10. The van der Waals surface area contributed by atoms with Crippen molar-refractivity contribution in [3.05, 3.63) is 34.3 Å². The van der Waals surface area contributed by atoms with Crippen LogP contribution in [0.3, 0.4) is 0 Å². The summed E-state index contributed by atoms with van der Waals surface area (Å²) in [4.78, 5) is 26.2. The van der Waals surface area contributed by atoms with E-state index in [1.54, 1.807) is 6.07 Å². The van der Waals surface area contributed by atoms with Gasteiger partial charge in [0.15, 0.2) is 6.29 Å². The van der Waals surface area contributed by atoms with Gasteiger partial charge < -0.3 is 21.4 Å². The van der Waals surface area contributed by atoms with Gasteiger partial charge in [0.2, 0.25) is 0 Å². The number of rotatable bonds is 4. The van der Waals surface area contributed by atoms with Crippen LogP contribution in [0.4, 0.5) is 17.3 Å². The van der Waals surface area contributed by atoms with Gasteiger partial charge in [-0.15, -0.1) is 0 Å². The zero-order chi connectivity index (χ0) is 15.7. The molecule has 0 amide bonds. The first-order chi connectivity index (χ1) is 10.6. The van der Waals surface area contributed by atoms with Crippen LogP contribution < -0.4 is 11.1 Å². The SMILES string of the molecule is N=Cc1cc(Nc2ncnc3[nH]c(C=O)c(Br)c23)cnc1N. The van der Waals surface area contributed by atoms with Gasteiger partial charge in [-0.1, -0.05) is 0 Å². The summed E-state index contributed by atoms with van der Waals surface area (Å²) in [6.45, 7) is 0. The molecule has 0 aliphatic carbocycles. The third-order valence-electron chi connectivity index (χ3n) is 3.04. The van der Waals surface area contributed by atoms with Crippen LogP contribution in [0.25, 0.3) is 11.0 Å². The Kier molecular flexibility index (Phi) is 3.55. The Morgan fingerprint density at radius 3 is 2.91 bits per heavy atom. The van der Waals surface area contributed by atoms with Crippen LogP contribution in [0.15, 0.2) is 23.1 Å². The normalized spacial score (nSPS) is 10.6. The minimum Gasteiger partial charge on any atom is -0.383 e. The number of carbonyl (C=O) groups excluding carboxylic acids is 1. The van der Waals surface area contributed by atoms with E-state index in [0.29, 0.717) is 44.6 Å². The Labute approximate surface area is 132 Å². The average Bonchev–Trinajstić information content (AvgIpc) is 2.86. The summed E-state index contributed by atoms with van der Waals surface area (Å²) in [5, 5.41) is 11.0. The zero-order valence-electron chi connectivity index (χ0n) is 11.1. The van der Waals surface area contributed by atoms with Crippen LogP contribution in [0, 0.1) is 5.41 Å². The van der Waals surface area contributed by atoms with Crippen molar-refractivity contribution in [2.45, 2.75) is 0 Å². The molecule has 0 saturated carbocycles. The molecule has 0 atom stereocenters. The highest BCUT2D eigenvalue weighted by Crippen LogP contribution is 2.32. The Morgan fingerprint density at radius 2 is 2.18 bits per heavy atom. The fraction of sp³-hybridized carbons (Fsp3) is 0. The summed E-state index contributed by atoms with van der Waals surface area (Å²) in [5.41, 5.74) is 7.69. The van der Waals surface area contributed by atoms with Gasteiger partial charge in [-0.2, -0.15) is 0 Å². The molecule has 3 aromatic heterocycles. The van der Waals surface area contributed by atoms with E-state index in [4.69, 9.17) is 11.1 Å². The molecular formula is C13H10BrN7O. The van der Waals surface area contributed by atoms with Gasteiger partial charge in [-0.3, -0.25) is 4.79 Å². The Balaban J connectivity index is 2.09. The second-order valence-corrected chi connectivity index (χ2v) is 5.18. The first-order valence-corrected chi connectivity index (χ1v) is 6.93. The second kappa shape index (κ2) is 5.53. The van der Waals surface area contributed by atoms with Crippen molar-refractivity contribution < 1.29 is 4.79 Å². The van der Waals surface area contributed by atoms with Crippen molar-refractivity contribution in [3.63, 3.8) is 0 Å². The molecule has 0 bridgehead atoms. The maximum Gasteiger partial charge on any atom is 0.167 e. The first kappa shape index (κ1) is 14.1. The van der Waals surface area contributed by atoms with Gasteiger partial charge in [0.1, 0.15) is 23.6 Å². The number of carbonyl (C=O) groups is 1. The molecule has 9 heteroatoms. The minimum absolute atomic E-state index is 0.277. The topological polar surface area (TPSA) is 133 Å². The number of pyridine rings is 1. The summed E-state index contributed by atoms with van der Waals surface area (Å²) < 4.78 is 0.580. The van der Waals surface area contributed by atoms with E-state index in [9.17, 15) is 4.79 Å². The standard InChI is InChI=1S/C13H10BrN7O/c14-10-8(4-22)21-13-9(10)12(18-5-19-13)20-7-1-6(2-15)11(16)17-3-7/h1-5,15H,(H2,16,17)(H2,18,19,20,21). The number of anilines is 3. The van der Waals surface area contributed by atoms with Gasteiger partial charge in [-0.05, 0) is 22.0 Å². The molecular weight excluding hydrogens is 350 g/mol. The van der Waals surface area contributed by atoms with E-state index in [2.05, 4.69) is 41.2 Å². The third kappa shape index (κ3) is 2.31. The number of nitrogens with one attached hydrogen (secondary N) is 3. The second-order valence-electron chi connectivity index (χ2n) is 4.38. The van der Waals surface area contributed by atoms with Crippen molar-refractivity contribution in [2.75, 3.05) is 11.1 Å². The van der Waals surface area contributed by atoms with E-state index in [1.807, 2.05) is 0 Å². The minimum atomic E-state index is 0.277. The lowest BCUT2D eigenvalue weighted by atomic mass is 10.2. The zero-order valence-corrected chi connectivity index (χ0v) is 12.7. The van der Waals surface area contributed by atoms with Crippen LogP contribution >= 0.6 is 15.9 Å². The Morgan fingerprint density at radius 1 is 1.36 bits per heavy atom. The van der Waals surface area contributed by atoms with E-state index in [1.165, 1.54) is 12.5 Å². The van der Waals surface area contributed by atoms with Crippen molar-refractivity contribution in [2.24, 2.45) is 0 Å². The summed E-state index contributed by atoms with van der Waals surface area (Å²) >= 11 is 3.36. The Bertz CT molecular complexity index is 889. The lowest BCUT2D eigenvalue weighted by Crippen LogP contribution is -2.00. The number of aldehydes is 1. The quantitative estimate of drug-likeness (QED) is 0.417. The molecule has 3 heterocycles. The summed E-state index contributed by atoms with van der Waals surface area (Å²) in [7, 11) is 0. The van der Waals surface area contributed by atoms with E-state index in [0.717, 1.165) is 6.21 Å². The van der Waals surface area contributed by atoms with Gasteiger partial charge in [0.05, 0.1) is 27.4 Å². The molecule has 8 nitrogen and oxygen atoms in total. The predicted molar refractivity (Wildman–Crippen MR) is 86.8 cm³/mol. The Hall–Kier alpha value is -2.81. The molecule has 0 aliphatic rings. The van der Waals surface area contributed by atoms with Gasteiger partial charge in [0.25, 0.3) is 0 Å². The largest absolute Gasteiger partial charge is 0.383 e. The number of nitrogen functional groups attached to an aromatic ring is 1. The highest BCUT2D eigenvalue weighted by Gasteiger charge is 2.15. The number of hydrogen-bond donors (Lipinski definition) is 4. The number of hydrogen-bond acceptors (Lipinski definition) is 7. The van der Waals surface area contributed by atoms with Crippen molar-refractivity contribution in [1.82, 2.24) is 19.9 Å².